The lowest BCUT2D eigenvalue weighted by Crippen LogP contribution is -2.52. The summed E-state index contributed by atoms with van der Waals surface area (Å²) in [4.78, 5) is 163. The quantitative estimate of drug-likeness (QED) is 0.0200. The normalized spacial score (nSPS) is 11.8. The van der Waals surface area contributed by atoms with Gasteiger partial charge in [-0.2, -0.15) is 0 Å². The topological polar surface area (TPSA) is 370 Å². The Bertz CT molecular complexity index is 1830. The third-order valence-electron chi connectivity index (χ3n) is 11.2. The van der Waals surface area contributed by atoms with Crippen molar-refractivity contribution in [1.82, 2.24) is 68.3 Å². The van der Waals surface area contributed by atoms with E-state index in [1.807, 2.05) is 26.1 Å². The zero-order valence-electron chi connectivity index (χ0n) is 43.0. The monoisotopic (exact) mass is 1050 g/mol. The third kappa shape index (κ3) is 36.2. The van der Waals surface area contributed by atoms with Gasteiger partial charge in [0.15, 0.2) is 0 Å². The number of ketones is 1. The number of hydrogen-bond acceptors (Lipinski definition) is 14. The molecule has 0 saturated carbocycles. The minimum absolute atomic E-state index is 0.00932. The van der Waals surface area contributed by atoms with Crippen LogP contribution < -0.4 is 63.4 Å². The highest BCUT2D eigenvalue weighted by molar-refractivity contribution is 6.16. The number of nitrogens with one attached hydrogen (secondary N) is 12. The lowest BCUT2D eigenvalue weighted by molar-refractivity contribution is -0.132. The van der Waals surface area contributed by atoms with E-state index in [9.17, 15) is 62.3 Å². The summed E-state index contributed by atoms with van der Waals surface area (Å²) >= 11 is 0. The molecule has 0 unspecified atom stereocenters. The van der Waals surface area contributed by atoms with Gasteiger partial charge in [-0.15, -0.1) is 0 Å². The minimum atomic E-state index is -1.35. The molecular formula is C44H72B5N13O13. The summed E-state index contributed by atoms with van der Waals surface area (Å²) in [6, 6.07) is -2.48. The second-order valence-corrected chi connectivity index (χ2v) is 17.3. The molecule has 0 aliphatic rings. The second kappa shape index (κ2) is 42.9. The number of Topliss-reactive ketones (excluding diaryl/α,β-unsaturated/α-hetero) is 1. The van der Waals surface area contributed by atoms with Crippen molar-refractivity contribution in [3.63, 3.8) is 0 Å². The number of carbonyl (C=O) groups excluding carboxylic acids is 13. The highest BCUT2D eigenvalue weighted by Gasteiger charge is 2.26. The Balaban J connectivity index is 5.90. The molecule has 0 aliphatic carbocycles. The fourth-order valence-electron chi connectivity index (χ4n) is 6.87. The maximum Gasteiger partial charge on any atom is 0.242 e. The van der Waals surface area contributed by atoms with Crippen LogP contribution in [-0.4, -0.2) is 186 Å². The molecule has 31 heteroatoms. The van der Waals surface area contributed by atoms with Crippen LogP contribution in [0.5, 0.6) is 0 Å². The van der Waals surface area contributed by atoms with Crippen LogP contribution in [0.4, 0.5) is 0 Å². The number of nitrogens with zero attached hydrogens (tertiary/aromatic N) is 1. The van der Waals surface area contributed by atoms with E-state index in [1.165, 1.54) is 4.90 Å². The van der Waals surface area contributed by atoms with Crippen LogP contribution in [0.15, 0.2) is 0 Å². The molecule has 0 aromatic carbocycles. The summed E-state index contributed by atoms with van der Waals surface area (Å²) in [5.41, 5.74) is 0. The minimum Gasteiger partial charge on any atom is -0.409 e. The van der Waals surface area contributed by atoms with Gasteiger partial charge >= 0.3 is 0 Å². The summed E-state index contributed by atoms with van der Waals surface area (Å²) in [5, 5.41) is 28.1. The van der Waals surface area contributed by atoms with E-state index in [0.29, 0.717) is 51.4 Å². The van der Waals surface area contributed by atoms with Crippen molar-refractivity contribution in [2.45, 2.75) is 141 Å². The van der Waals surface area contributed by atoms with E-state index >= 15 is 0 Å². The van der Waals surface area contributed by atoms with Gasteiger partial charge in [0.25, 0.3) is 0 Å². The molecule has 12 amide bonds. The molecule has 0 saturated heterocycles. The van der Waals surface area contributed by atoms with Crippen LogP contribution in [0.2, 0.25) is 0 Å². The zero-order valence-corrected chi connectivity index (χ0v) is 43.0. The van der Waals surface area contributed by atoms with Crippen molar-refractivity contribution in [3.8, 4) is 0 Å². The average Bonchev–Trinajstić information content (AvgIpc) is 3.39. The third-order valence-corrected chi connectivity index (χ3v) is 11.2. The van der Waals surface area contributed by atoms with Gasteiger partial charge < -0.3 is 63.4 Å². The van der Waals surface area contributed by atoms with Gasteiger partial charge in [0.1, 0.15) is 17.9 Å². The molecule has 0 heterocycles. The average molecular weight is 1050 g/mol. The molecule has 0 spiro atoms. The Hall–Kier alpha value is -6.41. The lowest BCUT2D eigenvalue weighted by atomic mass is 10.0. The largest absolute Gasteiger partial charge is 0.409 e. The number of carbonyl (C=O) groups is 13. The van der Waals surface area contributed by atoms with Crippen LogP contribution in [0.3, 0.4) is 0 Å². The summed E-state index contributed by atoms with van der Waals surface area (Å²) in [5.74, 6) is -7.67. The number of unbranched alkanes of at least 4 members (excludes halogenated alkanes) is 4. The molecule has 3 atom stereocenters. The summed E-state index contributed by atoms with van der Waals surface area (Å²) in [6.45, 7) is 0.723. The fraction of sp³-hybridized carbons (Fsp3) is 0.705. The lowest BCUT2D eigenvalue weighted by Gasteiger charge is -2.23. The second-order valence-electron chi connectivity index (χ2n) is 17.3. The van der Waals surface area contributed by atoms with Gasteiger partial charge in [-0.25, -0.2) is 0 Å². The number of rotatable bonds is 43. The van der Waals surface area contributed by atoms with Gasteiger partial charge in [0.05, 0.1) is 25.6 Å². The first-order valence-corrected chi connectivity index (χ1v) is 25.0. The van der Waals surface area contributed by atoms with Gasteiger partial charge in [-0.05, 0) is 57.8 Å². The maximum atomic E-state index is 13.6. The van der Waals surface area contributed by atoms with Crippen molar-refractivity contribution in [1.29, 1.82) is 0 Å². The van der Waals surface area contributed by atoms with E-state index < -0.39 is 103 Å². The molecule has 406 valence electrons. The van der Waals surface area contributed by atoms with Crippen LogP contribution >= 0.6 is 0 Å². The Kier molecular flexibility index (Phi) is 39.2. The molecule has 0 aliphatic heterocycles. The zero-order chi connectivity index (χ0) is 56.4. The Morgan fingerprint density at radius 2 is 0.773 bits per heavy atom. The molecule has 0 fully saturated rings. The molecule has 0 aromatic rings. The van der Waals surface area contributed by atoms with Crippen LogP contribution in [-0.2, 0) is 62.3 Å². The Morgan fingerprint density at radius 3 is 1.32 bits per heavy atom. The standard InChI is InChI=1S/C44H72B5N13O13/c1-2-30(63)11-5-3-7-21-51-39(70)26-62(27-40(71)52-22-8-4-6-12-36(67)57-45)28-41(72)56-31(43(74)53-24-9-13-33(64)54-25-29(42(73)60-48)15-18-37(68)58-46)16-19-34(65)50-23-10-14-35(66)55-32(44(75)61-49)17-20-38(69)59-47/h29,31-32H,2-28H2,1H3,(H,50,65)(H,51,70)(H,52,71)(H,53,74)(H,54,64)(H,55,66)(H,56,72)(H,57,67)(H,58,68)(H,59,69)(H,60,73)(H,61,75)/t29-,31+,32+/m1/s1. The molecular weight excluding hydrogens is 973 g/mol. The molecule has 10 radical (unpaired) electrons. The van der Waals surface area contributed by atoms with E-state index in [1.54, 1.807) is 6.92 Å². The summed E-state index contributed by atoms with van der Waals surface area (Å²) in [6.07, 6.45) is 3.71. The van der Waals surface area contributed by atoms with Crippen molar-refractivity contribution in [2.75, 3.05) is 52.4 Å². The Morgan fingerprint density at radius 1 is 0.360 bits per heavy atom. The van der Waals surface area contributed by atoms with Gasteiger partial charge in [0.2, 0.25) is 111 Å². The smallest absolute Gasteiger partial charge is 0.242 e. The van der Waals surface area contributed by atoms with Crippen molar-refractivity contribution in [2.24, 2.45) is 5.92 Å². The van der Waals surface area contributed by atoms with Crippen molar-refractivity contribution >= 4 is 117 Å². The number of hydrogen-bond donors (Lipinski definition) is 12. The molecule has 75 heavy (non-hydrogen) atoms. The molecule has 0 rings (SSSR count). The highest BCUT2D eigenvalue weighted by atomic mass is 16.2. The Labute approximate surface area is 445 Å². The molecule has 0 bridgehead atoms. The molecule has 26 nitrogen and oxygen atoms in total. The van der Waals surface area contributed by atoms with Crippen molar-refractivity contribution in [3.05, 3.63) is 0 Å². The highest BCUT2D eigenvalue weighted by Crippen LogP contribution is 2.08. The van der Waals surface area contributed by atoms with Crippen LogP contribution in [0.25, 0.3) is 0 Å². The first-order chi connectivity index (χ1) is 35.8. The number of amides is 12. The molecule has 12 N–H and O–H groups in total. The van der Waals surface area contributed by atoms with Gasteiger partial charge in [-0.3, -0.25) is 67.2 Å². The van der Waals surface area contributed by atoms with Crippen molar-refractivity contribution < 1.29 is 62.3 Å². The maximum absolute atomic E-state index is 13.6. The predicted octanol–water partition coefficient (Wildman–Crippen LogP) is -5.55. The van der Waals surface area contributed by atoms with E-state index in [4.69, 9.17) is 39.9 Å². The first-order valence-electron chi connectivity index (χ1n) is 25.0. The fourth-order valence-corrected chi connectivity index (χ4v) is 6.87. The van der Waals surface area contributed by atoms with E-state index in [0.717, 1.165) is 0 Å². The van der Waals surface area contributed by atoms with Crippen LogP contribution in [0.1, 0.15) is 129 Å². The summed E-state index contributed by atoms with van der Waals surface area (Å²) < 4.78 is 0. The van der Waals surface area contributed by atoms with E-state index in [2.05, 4.69) is 37.2 Å². The first kappa shape index (κ1) is 68.6. The molecule has 0 aromatic heterocycles. The van der Waals surface area contributed by atoms with Gasteiger partial charge in [0, 0.05) is 84.1 Å². The van der Waals surface area contributed by atoms with Crippen LogP contribution in [0, 0.1) is 5.92 Å². The predicted molar refractivity (Wildman–Crippen MR) is 277 cm³/mol. The summed E-state index contributed by atoms with van der Waals surface area (Å²) in [7, 11) is 25.7. The van der Waals surface area contributed by atoms with Gasteiger partial charge in [-0.1, -0.05) is 19.8 Å². The van der Waals surface area contributed by atoms with E-state index in [-0.39, 0.29) is 115 Å². The SMILES string of the molecule is [B]NC(=O)CCCCCNC(=O)CN(CC(=O)NCCCCCC(=O)CC)CC(=O)N[C@@H](CCC(=O)NCCCC(=O)N[C@@H](CCC(=O)N[B])C(=O)N[B])C(=O)NCCCC(=O)NC[C@@H](CCC(=O)N[B])C(=O)N[B].